The van der Waals surface area contributed by atoms with Crippen molar-refractivity contribution >= 4 is 23.0 Å². The minimum absolute atomic E-state index is 0.159. The summed E-state index contributed by atoms with van der Waals surface area (Å²) in [6.45, 7) is 6.02. The first-order chi connectivity index (χ1) is 17.0. The SMILES string of the molecule is COc1cc(N2CCN(C[C@@H](C)O)CC2)ccc1Nc1ncc(F)c(-c2cnc3ccccn23)n1. The molecule has 1 aliphatic heterocycles. The molecule has 0 saturated carbocycles. The molecule has 2 N–H and O–H groups in total. The summed E-state index contributed by atoms with van der Waals surface area (Å²) in [7, 11) is 1.61. The van der Waals surface area contributed by atoms with Crippen molar-refractivity contribution in [1.29, 1.82) is 0 Å². The molecule has 1 aromatic carbocycles. The number of aliphatic hydroxyl groups excluding tert-OH is 1. The van der Waals surface area contributed by atoms with E-state index in [-0.39, 0.29) is 17.7 Å². The van der Waals surface area contributed by atoms with Crippen molar-refractivity contribution in [3.63, 3.8) is 0 Å². The molecule has 4 aromatic rings. The second kappa shape index (κ2) is 9.85. The number of β-amino-alcohol motifs (C(OH)–C–C–N with tert-alkyl or cyclic N) is 1. The van der Waals surface area contributed by atoms with Crippen LogP contribution in [0, 0.1) is 5.82 Å². The van der Waals surface area contributed by atoms with Crippen LogP contribution in [0.2, 0.25) is 0 Å². The van der Waals surface area contributed by atoms with Crippen molar-refractivity contribution in [2.45, 2.75) is 13.0 Å². The molecule has 1 fully saturated rings. The molecule has 3 aromatic heterocycles. The van der Waals surface area contributed by atoms with Crippen LogP contribution in [0.3, 0.4) is 0 Å². The number of fused-ring (bicyclic) bond motifs is 1. The average Bonchev–Trinajstić information content (AvgIpc) is 3.29. The molecule has 9 nitrogen and oxygen atoms in total. The molecule has 1 aliphatic rings. The maximum Gasteiger partial charge on any atom is 0.228 e. The molecule has 1 saturated heterocycles. The maximum atomic E-state index is 14.7. The number of rotatable bonds is 7. The van der Waals surface area contributed by atoms with Crippen LogP contribution < -0.4 is 15.0 Å². The molecule has 1 atom stereocenters. The van der Waals surface area contributed by atoms with Crippen LogP contribution in [0.15, 0.2) is 55.0 Å². The van der Waals surface area contributed by atoms with Gasteiger partial charge >= 0.3 is 0 Å². The molecule has 0 amide bonds. The van der Waals surface area contributed by atoms with Gasteiger partial charge in [0.1, 0.15) is 17.1 Å². The number of nitrogens with one attached hydrogen (secondary N) is 1. The van der Waals surface area contributed by atoms with E-state index in [0.29, 0.717) is 29.3 Å². The Morgan fingerprint density at radius 3 is 2.71 bits per heavy atom. The summed E-state index contributed by atoms with van der Waals surface area (Å²) < 4.78 is 22.1. The van der Waals surface area contributed by atoms with Gasteiger partial charge in [-0.15, -0.1) is 0 Å². The molecule has 4 heterocycles. The number of hydrogen-bond donors (Lipinski definition) is 2. The Kier molecular flexibility index (Phi) is 6.47. The Labute approximate surface area is 202 Å². The summed E-state index contributed by atoms with van der Waals surface area (Å²) in [5.74, 6) is 0.363. The minimum Gasteiger partial charge on any atom is -0.494 e. The van der Waals surface area contributed by atoms with E-state index in [4.69, 9.17) is 4.74 Å². The Hall–Kier alpha value is -3.76. The smallest absolute Gasteiger partial charge is 0.228 e. The van der Waals surface area contributed by atoms with Crippen LogP contribution in [-0.2, 0) is 0 Å². The number of piperazine rings is 1. The summed E-state index contributed by atoms with van der Waals surface area (Å²) in [6, 6.07) is 11.5. The number of aromatic nitrogens is 4. The lowest BCUT2D eigenvalue weighted by Gasteiger charge is -2.36. The first-order valence-electron chi connectivity index (χ1n) is 11.6. The summed E-state index contributed by atoms with van der Waals surface area (Å²) in [5.41, 5.74) is 3.14. The van der Waals surface area contributed by atoms with Gasteiger partial charge in [-0.1, -0.05) is 6.07 Å². The van der Waals surface area contributed by atoms with Crippen molar-refractivity contribution in [2.75, 3.05) is 50.1 Å². The molecule has 182 valence electrons. The topological polar surface area (TPSA) is 91.0 Å². The summed E-state index contributed by atoms with van der Waals surface area (Å²) >= 11 is 0. The van der Waals surface area contributed by atoms with Crippen molar-refractivity contribution < 1.29 is 14.2 Å². The van der Waals surface area contributed by atoms with Gasteiger partial charge in [-0.2, -0.15) is 0 Å². The number of ether oxygens (including phenoxy) is 1. The number of anilines is 3. The zero-order valence-corrected chi connectivity index (χ0v) is 19.7. The third-order valence-electron chi connectivity index (χ3n) is 6.10. The predicted octanol–water partition coefficient (Wildman–Crippen LogP) is 3.19. The van der Waals surface area contributed by atoms with Gasteiger partial charge in [0.2, 0.25) is 5.95 Å². The number of methoxy groups -OCH3 is 1. The summed E-state index contributed by atoms with van der Waals surface area (Å²) in [5, 5.41) is 12.8. The lowest BCUT2D eigenvalue weighted by Crippen LogP contribution is -2.48. The van der Waals surface area contributed by atoms with Gasteiger partial charge in [0, 0.05) is 50.7 Å². The molecule has 0 unspecified atom stereocenters. The second-order valence-corrected chi connectivity index (χ2v) is 8.61. The zero-order valence-electron chi connectivity index (χ0n) is 19.7. The third kappa shape index (κ3) is 4.89. The fraction of sp³-hybridized carbons (Fsp3) is 0.320. The maximum absolute atomic E-state index is 14.7. The van der Waals surface area contributed by atoms with E-state index < -0.39 is 5.82 Å². The molecule has 0 bridgehead atoms. The number of halogens is 1. The van der Waals surface area contributed by atoms with E-state index in [9.17, 15) is 9.50 Å². The number of aliphatic hydroxyl groups is 1. The van der Waals surface area contributed by atoms with Crippen molar-refractivity contribution in [1.82, 2.24) is 24.3 Å². The molecular formula is C25H28FN7O2. The molecule has 0 spiro atoms. The fourth-order valence-corrected chi connectivity index (χ4v) is 4.38. The monoisotopic (exact) mass is 477 g/mol. The minimum atomic E-state index is -0.529. The van der Waals surface area contributed by atoms with Gasteiger partial charge in [0.25, 0.3) is 0 Å². The molecule has 0 radical (unpaired) electrons. The predicted molar refractivity (Wildman–Crippen MR) is 133 cm³/mol. The van der Waals surface area contributed by atoms with Gasteiger partial charge in [0.15, 0.2) is 5.82 Å². The highest BCUT2D eigenvalue weighted by molar-refractivity contribution is 5.69. The molecule has 10 heteroatoms. The molecule has 35 heavy (non-hydrogen) atoms. The Morgan fingerprint density at radius 2 is 1.94 bits per heavy atom. The van der Waals surface area contributed by atoms with E-state index in [1.807, 2.05) is 49.5 Å². The van der Waals surface area contributed by atoms with Crippen LogP contribution in [0.25, 0.3) is 17.0 Å². The van der Waals surface area contributed by atoms with Crippen LogP contribution in [0.1, 0.15) is 6.92 Å². The highest BCUT2D eigenvalue weighted by atomic mass is 19.1. The Bertz CT molecular complexity index is 1320. The largest absolute Gasteiger partial charge is 0.494 e. The number of nitrogens with zero attached hydrogens (tertiary/aromatic N) is 6. The van der Waals surface area contributed by atoms with Crippen LogP contribution >= 0.6 is 0 Å². The van der Waals surface area contributed by atoms with Crippen LogP contribution in [0.4, 0.5) is 21.7 Å². The van der Waals surface area contributed by atoms with E-state index in [2.05, 4.69) is 30.1 Å². The number of benzene rings is 1. The Balaban J connectivity index is 1.36. The van der Waals surface area contributed by atoms with Gasteiger partial charge < -0.3 is 20.1 Å². The summed E-state index contributed by atoms with van der Waals surface area (Å²) in [4.78, 5) is 17.4. The quantitative estimate of drug-likeness (QED) is 0.420. The normalized spacial score (nSPS) is 15.4. The molecular weight excluding hydrogens is 449 g/mol. The lowest BCUT2D eigenvalue weighted by atomic mass is 10.2. The van der Waals surface area contributed by atoms with Crippen LogP contribution in [0.5, 0.6) is 5.75 Å². The zero-order chi connectivity index (χ0) is 24.4. The second-order valence-electron chi connectivity index (χ2n) is 8.61. The van der Waals surface area contributed by atoms with E-state index >= 15 is 0 Å². The average molecular weight is 478 g/mol. The van der Waals surface area contributed by atoms with Crippen molar-refractivity contribution in [3.05, 3.63) is 60.8 Å². The highest BCUT2D eigenvalue weighted by Crippen LogP contribution is 2.32. The third-order valence-corrected chi connectivity index (χ3v) is 6.10. The van der Waals surface area contributed by atoms with Gasteiger partial charge in [-0.05, 0) is 31.2 Å². The van der Waals surface area contributed by atoms with Crippen molar-refractivity contribution in [2.24, 2.45) is 0 Å². The van der Waals surface area contributed by atoms with Crippen molar-refractivity contribution in [3.8, 4) is 17.1 Å². The van der Waals surface area contributed by atoms with Gasteiger partial charge in [-0.3, -0.25) is 9.30 Å². The van der Waals surface area contributed by atoms with E-state index in [1.165, 1.54) is 0 Å². The summed E-state index contributed by atoms with van der Waals surface area (Å²) in [6.07, 6.45) is 4.24. The number of pyridine rings is 1. The standard InChI is InChI=1S/C25H28FN7O2/c1-17(34)16-31-9-11-32(12-10-31)18-6-7-20(22(13-18)35-2)29-25-28-14-19(26)24(30-25)21-15-27-23-5-3-4-8-33(21)23/h3-8,13-15,17,34H,9-12,16H2,1-2H3,(H,28,29,30)/t17-/m1/s1. The Morgan fingerprint density at radius 1 is 1.11 bits per heavy atom. The number of imidazole rings is 1. The molecule has 0 aliphatic carbocycles. The molecule has 5 rings (SSSR count). The first-order valence-corrected chi connectivity index (χ1v) is 11.6. The van der Waals surface area contributed by atoms with Gasteiger partial charge in [0.05, 0.1) is 37.0 Å². The highest BCUT2D eigenvalue weighted by Gasteiger charge is 2.20. The van der Waals surface area contributed by atoms with E-state index in [1.54, 1.807) is 17.7 Å². The lowest BCUT2D eigenvalue weighted by molar-refractivity contribution is 0.122. The van der Waals surface area contributed by atoms with E-state index in [0.717, 1.165) is 38.1 Å². The fourth-order valence-electron chi connectivity index (χ4n) is 4.38. The number of hydrogen-bond acceptors (Lipinski definition) is 8. The van der Waals surface area contributed by atoms with Gasteiger partial charge in [-0.25, -0.2) is 19.3 Å². The van der Waals surface area contributed by atoms with Crippen LogP contribution in [-0.4, -0.2) is 75.3 Å². The first kappa shape index (κ1) is 23.0.